The summed E-state index contributed by atoms with van der Waals surface area (Å²) in [4.78, 5) is 29.7. The van der Waals surface area contributed by atoms with Crippen molar-refractivity contribution < 1.29 is 19.2 Å². The van der Waals surface area contributed by atoms with Crippen LogP contribution in [0.25, 0.3) is 0 Å². The van der Waals surface area contributed by atoms with Crippen LogP contribution in [0.2, 0.25) is 5.02 Å². The van der Waals surface area contributed by atoms with Crippen molar-refractivity contribution in [3.05, 3.63) is 125 Å². The first-order valence-electron chi connectivity index (χ1n) is 10.5. The van der Waals surface area contributed by atoms with Gasteiger partial charge in [-0.15, -0.1) is 0 Å². The van der Waals surface area contributed by atoms with Gasteiger partial charge < -0.3 is 10.6 Å². The zero-order valence-electron chi connectivity index (χ0n) is 18.2. The van der Waals surface area contributed by atoms with E-state index in [2.05, 4.69) is 15.6 Å². The molecule has 1 atom stereocenters. The van der Waals surface area contributed by atoms with Crippen LogP contribution in [0.3, 0.4) is 0 Å². The normalized spacial score (nSPS) is 15.3. The Balaban J connectivity index is 1.54. The topological polar surface area (TPSA) is 94.0 Å². The molecule has 35 heavy (non-hydrogen) atoms. The van der Waals surface area contributed by atoms with Crippen molar-refractivity contribution in [1.29, 1.82) is 0 Å². The van der Waals surface area contributed by atoms with Crippen molar-refractivity contribution >= 4 is 34.9 Å². The Kier molecular flexibility index (Phi) is 7.35. The van der Waals surface area contributed by atoms with E-state index in [1.54, 1.807) is 66.8 Å². The zero-order valence-corrected chi connectivity index (χ0v) is 19.0. The molecule has 7 nitrogen and oxygen atoms in total. The van der Waals surface area contributed by atoms with Crippen molar-refractivity contribution in [2.75, 3.05) is 5.32 Å². The number of nitrogens with zero attached hydrogens (tertiary/aromatic N) is 2. The van der Waals surface area contributed by atoms with Crippen LogP contribution in [0.4, 0.5) is 14.9 Å². The van der Waals surface area contributed by atoms with Crippen LogP contribution in [0.15, 0.2) is 114 Å². The Hall–Kier alpha value is -4.27. The highest BCUT2D eigenvalue weighted by Gasteiger charge is 2.25. The van der Waals surface area contributed by atoms with Gasteiger partial charge in [-0.2, -0.15) is 0 Å². The molecule has 2 aliphatic rings. The van der Waals surface area contributed by atoms with Crippen molar-refractivity contribution in [1.82, 2.24) is 10.4 Å². The molecule has 0 fully saturated rings. The molecule has 0 spiro atoms. The van der Waals surface area contributed by atoms with Crippen LogP contribution in [0.1, 0.15) is 11.6 Å². The summed E-state index contributed by atoms with van der Waals surface area (Å²) >= 11 is 5.86. The summed E-state index contributed by atoms with van der Waals surface area (Å²) in [5.41, 5.74) is 2.49. The number of rotatable bonds is 4. The molecular weight excluding hydrogens is 471 g/mol. The summed E-state index contributed by atoms with van der Waals surface area (Å²) in [6.07, 6.45) is 13.3. The van der Waals surface area contributed by atoms with Gasteiger partial charge in [0.15, 0.2) is 0 Å². The van der Waals surface area contributed by atoms with Gasteiger partial charge in [-0.25, -0.2) is 19.2 Å². The highest BCUT2D eigenvalue weighted by atomic mass is 35.5. The summed E-state index contributed by atoms with van der Waals surface area (Å²) in [5.74, 6) is -1.39. The van der Waals surface area contributed by atoms with E-state index in [1.165, 1.54) is 30.6 Å². The summed E-state index contributed by atoms with van der Waals surface area (Å²) in [7, 11) is 0. The molecule has 3 N–H and O–H groups in total. The number of allylic oxidation sites excluding steroid dienone is 8. The maximum absolute atomic E-state index is 14.5. The van der Waals surface area contributed by atoms with Gasteiger partial charge >= 0.3 is 6.03 Å². The van der Waals surface area contributed by atoms with E-state index in [-0.39, 0.29) is 5.56 Å². The van der Waals surface area contributed by atoms with Crippen LogP contribution >= 0.6 is 11.6 Å². The van der Waals surface area contributed by atoms with E-state index in [0.29, 0.717) is 16.4 Å². The molecule has 2 aromatic carbocycles. The second-order valence-corrected chi connectivity index (χ2v) is 7.96. The third-order valence-electron chi connectivity index (χ3n) is 5.09. The Bertz CT molecular complexity index is 1290. The first-order valence-corrected chi connectivity index (χ1v) is 10.9. The van der Waals surface area contributed by atoms with Crippen molar-refractivity contribution in [3.8, 4) is 0 Å². The number of nitrogens with one attached hydrogen (secondary N) is 2. The molecular formula is C26H20ClFN4O3. The predicted octanol–water partition coefficient (Wildman–Crippen LogP) is 5.46. The molecule has 9 heteroatoms. The minimum absolute atomic E-state index is 0.00859. The average molecular weight is 491 g/mol. The number of urea groups is 1. The lowest BCUT2D eigenvalue weighted by molar-refractivity contribution is -0.119. The second-order valence-electron chi connectivity index (χ2n) is 7.52. The van der Waals surface area contributed by atoms with Gasteiger partial charge in [-0.05, 0) is 65.8 Å². The molecule has 1 unspecified atom stereocenters. The van der Waals surface area contributed by atoms with Crippen LogP contribution in [-0.2, 0) is 4.79 Å². The number of carbonyl (C=O) groups excluding carboxylic acids is 2. The number of amides is 3. The van der Waals surface area contributed by atoms with Crippen molar-refractivity contribution in [2.24, 2.45) is 4.99 Å². The van der Waals surface area contributed by atoms with Gasteiger partial charge in [0, 0.05) is 28.7 Å². The van der Waals surface area contributed by atoms with Gasteiger partial charge in [-0.3, -0.25) is 10.0 Å². The third kappa shape index (κ3) is 6.20. The molecule has 0 aromatic heterocycles. The van der Waals surface area contributed by atoms with E-state index >= 15 is 0 Å². The predicted molar refractivity (Wildman–Crippen MR) is 132 cm³/mol. The molecule has 4 rings (SSSR count). The monoisotopic (exact) mass is 490 g/mol. The minimum atomic E-state index is -1.35. The number of hydroxylamine groups is 2. The maximum atomic E-state index is 14.5. The Morgan fingerprint density at radius 1 is 0.914 bits per heavy atom. The molecule has 0 saturated heterocycles. The van der Waals surface area contributed by atoms with Gasteiger partial charge in [0.2, 0.25) is 0 Å². The minimum Gasteiger partial charge on any atom is -0.322 e. The number of hydrogen-bond acceptors (Lipinski definition) is 4. The molecule has 2 aromatic rings. The zero-order chi connectivity index (χ0) is 24.8. The molecule has 1 aliphatic heterocycles. The lowest BCUT2D eigenvalue weighted by atomic mass is 10.0. The number of aliphatic imine (C=N–C) groups is 1. The average Bonchev–Trinajstić information content (AvgIpc) is 2.85. The summed E-state index contributed by atoms with van der Waals surface area (Å²) in [6.45, 7) is 0. The second kappa shape index (κ2) is 10.8. The highest BCUT2D eigenvalue weighted by molar-refractivity contribution is 6.30. The van der Waals surface area contributed by atoms with Crippen molar-refractivity contribution in [3.63, 3.8) is 0 Å². The van der Waals surface area contributed by atoms with E-state index in [9.17, 15) is 19.2 Å². The lowest BCUT2D eigenvalue weighted by Crippen LogP contribution is -2.37. The standard InChI is InChI=1S/C26H20ClFN4O3/c27-19-7-11-21(12-8-19)30-26(34)31-24(22-3-1-2-4-23(22)28)25(33)29-20-9-5-17(6-10-20)18-13-15-32(35)16-14-18/h1-16,24,35H,(H2,30,31,34). The quantitative estimate of drug-likeness (QED) is 0.530. The third-order valence-corrected chi connectivity index (χ3v) is 5.35. The van der Waals surface area contributed by atoms with Crippen LogP contribution in [0.5, 0.6) is 0 Å². The number of halogens is 2. The first kappa shape index (κ1) is 23.9. The largest absolute Gasteiger partial charge is 0.322 e. The van der Waals surface area contributed by atoms with Crippen LogP contribution in [-0.4, -0.2) is 27.9 Å². The van der Waals surface area contributed by atoms with Gasteiger partial charge in [0.05, 0.1) is 5.71 Å². The van der Waals surface area contributed by atoms with Crippen LogP contribution < -0.4 is 10.6 Å². The Labute approximate surface area is 205 Å². The molecule has 3 amide bonds. The fourth-order valence-electron chi connectivity index (χ4n) is 3.34. The first-order chi connectivity index (χ1) is 16.9. The van der Waals surface area contributed by atoms with Crippen LogP contribution in [0, 0.1) is 5.82 Å². The SMILES string of the molecule is O=C(Nc1ccc(Cl)cc1)NC(C(=O)N=C1C=CC(=C2C=CN(O)C=C2)C=C1)c1ccccc1F. The van der Waals surface area contributed by atoms with Crippen molar-refractivity contribution in [2.45, 2.75) is 6.04 Å². The fraction of sp³-hybridized carbons (Fsp3) is 0.0385. The summed E-state index contributed by atoms with van der Waals surface area (Å²) in [5, 5.41) is 15.9. The van der Waals surface area contributed by atoms with Gasteiger partial charge in [-0.1, -0.05) is 42.0 Å². The van der Waals surface area contributed by atoms with E-state index < -0.39 is 23.8 Å². The molecule has 0 radical (unpaired) electrons. The van der Waals surface area contributed by atoms with E-state index in [0.717, 1.165) is 16.2 Å². The molecule has 176 valence electrons. The smallest absolute Gasteiger partial charge is 0.320 e. The number of carbonyl (C=O) groups is 2. The van der Waals surface area contributed by atoms with Gasteiger partial charge in [0.1, 0.15) is 11.9 Å². The summed E-state index contributed by atoms with van der Waals surface area (Å²) < 4.78 is 14.5. The molecule has 0 saturated carbocycles. The maximum Gasteiger partial charge on any atom is 0.320 e. The molecule has 0 bridgehead atoms. The lowest BCUT2D eigenvalue weighted by Gasteiger charge is -2.18. The highest BCUT2D eigenvalue weighted by Crippen LogP contribution is 2.21. The van der Waals surface area contributed by atoms with Gasteiger partial charge in [0.25, 0.3) is 5.91 Å². The fourth-order valence-corrected chi connectivity index (χ4v) is 3.47. The Morgan fingerprint density at radius 3 is 2.20 bits per heavy atom. The number of benzene rings is 2. The summed E-state index contributed by atoms with van der Waals surface area (Å²) in [6, 6.07) is 10.0. The molecule has 1 aliphatic carbocycles. The van der Waals surface area contributed by atoms with E-state index in [4.69, 9.17) is 11.6 Å². The number of anilines is 1. The Morgan fingerprint density at radius 2 is 1.54 bits per heavy atom. The molecule has 1 heterocycles. The van der Waals surface area contributed by atoms with E-state index in [1.807, 2.05) is 0 Å². The number of hydrogen-bond donors (Lipinski definition) is 3.